The molecule has 116 valence electrons. The summed E-state index contributed by atoms with van der Waals surface area (Å²) in [6, 6.07) is 2.84. The van der Waals surface area contributed by atoms with Gasteiger partial charge in [0.25, 0.3) is 11.8 Å². The summed E-state index contributed by atoms with van der Waals surface area (Å²) >= 11 is 1.08. The van der Waals surface area contributed by atoms with E-state index in [4.69, 9.17) is 0 Å². The number of halogens is 2. The van der Waals surface area contributed by atoms with E-state index in [-0.39, 0.29) is 22.3 Å². The fourth-order valence-corrected chi connectivity index (χ4v) is 2.25. The lowest BCUT2D eigenvalue weighted by atomic mass is 10.2. The van der Waals surface area contributed by atoms with E-state index in [0.29, 0.717) is 6.54 Å². The van der Waals surface area contributed by atoms with Gasteiger partial charge in [0, 0.05) is 24.5 Å². The summed E-state index contributed by atoms with van der Waals surface area (Å²) in [5, 5.41) is 4.18. The number of nitrogens with one attached hydrogen (secondary N) is 1. The Kier molecular flexibility index (Phi) is 4.81. The van der Waals surface area contributed by atoms with Crippen LogP contribution in [0.5, 0.6) is 0 Å². The lowest BCUT2D eigenvalue weighted by Gasteiger charge is -2.11. The SMILES string of the molecule is CCN(C)C(=O)c1csc(NC(=O)c2ccc(F)c(F)c2)n1. The fourth-order valence-electron chi connectivity index (χ4n) is 1.58. The highest BCUT2D eigenvalue weighted by molar-refractivity contribution is 7.14. The van der Waals surface area contributed by atoms with E-state index in [0.717, 1.165) is 29.5 Å². The van der Waals surface area contributed by atoms with Gasteiger partial charge in [0.05, 0.1) is 0 Å². The number of amides is 2. The molecule has 5 nitrogen and oxygen atoms in total. The maximum atomic E-state index is 13.1. The smallest absolute Gasteiger partial charge is 0.273 e. The van der Waals surface area contributed by atoms with E-state index in [1.54, 1.807) is 7.05 Å². The normalized spacial score (nSPS) is 10.4. The molecule has 22 heavy (non-hydrogen) atoms. The first-order valence-corrected chi connectivity index (χ1v) is 7.27. The molecule has 2 rings (SSSR count). The minimum absolute atomic E-state index is 0.0346. The molecule has 0 fully saturated rings. The molecule has 0 aliphatic carbocycles. The van der Waals surface area contributed by atoms with Gasteiger partial charge in [0.2, 0.25) is 0 Å². The van der Waals surface area contributed by atoms with E-state index in [2.05, 4.69) is 10.3 Å². The van der Waals surface area contributed by atoms with Crippen LogP contribution in [0.2, 0.25) is 0 Å². The Bertz CT molecular complexity index is 718. The zero-order chi connectivity index (χ0) is 16.3. The first kappa shape index (κ1) is 16.0. The van der Waals surface area contributed by atoms with Gasteiger partial charge in [-0.15, -0.1) is 11.3 Å². The largest absolute Gasteiger partial charge is 0.341 e. The molecule has 8 heteroatoms. The van der Waals surface area contributed by atoms with E-state index in [1.807, 2.05) is 6.92 Å². The molecule has 2 amide bonds. The monoisotopic (exact) mass is 325 g/mol. The van der Waals surface area contributed by atoms with Crippen molar-refractivity contribution in [2.75, 3.05) is 18.9 Å². The average molecular weight is 325 g/mol. The third-order valence-corrected chi connectivity index (χ3v) is 3.70. The van der Waals surface area contributed by atoms with Gasteiger partial charge in [-0.25, -0.2) is 13.8 Å². The van der Waals surface area contributed by atoms with Crippen LogP contribution in [0.4, 0.5) is 13.9 Å². The number of carbonyl (C=O) groups is 2. The molecule has 0 aliphatic rings. The standard InChI is InChI=1S/C14H13F2N3O2S/c1-3-19(2)13(21)11-7-22-14(17-11)18-12(20)8-4-5-9(15)10(16)6-8/h4-7H,3H2,1-2H3,(H,17,18,20). The Morgan fingerprint density at radius 2 is 2.05 bits per heavy atom. The number of carbonyl (C=O) groups excluding carboxylic acids is 2. The molecule has 0 radical (unpaired) electrons. The number of anilines is 1. The first-order valence-electron chi connectivity index (χ1n) is 6.39. The molecule has 1 heterocycles. The summed E-state index contributed by atoms with van der Waals surface area (Å²) in [4.78, 5) is 29.3. The summed E-state index contributed by atoms with van der Waals surface area (Å²) in [7, 11) is 1.64. The van der Waals surface area contributed by atoms with Crippen LogP contribution in [-0.2, 0) is 0 Å². The summed E-state index contributed by atoms with van der Waals surface area (Å²) in [5.41, 5.74) is 0.183. The summed E-state index contributed by atoms with van der Waals surface area (Å²) in [6.45, 7) is 2.36. The Morgan fingerprint density at radius 3 is 2.68 bits per heavy atom. The zero-order valence-corrected chi connectivity index (χ0v) is 12.7. The topological polar surface area (TPSA) is 62.3 Å². The van der Waals surface area contributed by atoms with E-state index >= 15 is 0 Å². The lowest BCUT2D eigenvalue weighted by molar-refractivity contribution is 0.0797. The summed E-state index contributed by atoms with van der Waals surface area (Å²) in [5.74, 6) is -3.02. The van der Waals surface area contributed by atoms with Crippen molar-refractivity contribution in [2.24, 2.45) is 0 Å². The molecule has 1 aromatic carbocycles. The van der Waals surface area contributed by atoms with Crippen molar-refractivity contribution in [1.29, 1.82) is 0 Å². The van der Waals surface area contributed by atoms with Crippen LogP contribution in [-0.4, -0.2) is 35.3 Å². The van der Waals surface area contributed by atoms with Crippen LogP contribution in [0.15, 0.2) is 23.6 Å². The molecule has 0 bridgehead atoms. The van der Waals surface area contributed by atoms with Crippen molar-refractivity contribution in [2.45, 2.75) is 6.92 Å². The van der Waals surface area contributed by atoms with E-state index in [9.17, 15) is 18.4 Å². The number of hydrogen-bond donors (Lipinski definition) is 1. The van der Waals surface area contributed by atoms with E-state index in [1.165, 1.54) is 10.3 Å². The van der Waals surface area contributed by atoms with Crippen molar-refractivity contribution < 1.29 is 18.4 Å². The van der Waals surface area contributed by atoms with Crippen molar-refractivity contribution in [3.05, 3.63) is 46.5 Å². The minimum atomic E-state index is -1.10. The first-order chi connectivity index (χ1) is 10.4. The number of nitrogens with zero attached hydrogens (tertiary/aromatic N) is 2. The highest BCUT2D eigenvalue weighted by Crippen LogP contribution is 2.18. The predicted molar refractivity (Wildman–Crippen MR) is 79.1 cm³/mol. The maximum Gasteiger partial charge on any atom is 0.273 e. The van der Waals surface area contributed by atoms with Crippen molar-refractivity contribution in [3.63, 3.8) is 0 Å². The molecular weight excluding hydrogens is 312 g/mol. The number of aromatic nitrogens is 1. The molecule has 1 aromatic heterocycles. The highest BCUT2D eigenvalue weighted by Gasteiger charge is 2.16. The van der Waals surface area contributed by atoms with Gasteiger partial charge < -0.3 is 4.90 Å². The summed E-state index contributed by atoms with van der Waals surface area (Å²) in [6.07, 6.45) is 0. The van der Waals surface area contributed by atoms with Gasteiger partial charge in [-0.05, 0) is 25.1 Å². The van der Waals surface area contributed by atoms with Gasteiger partial charge in [-0.2, -0.15) is 0 Å². The van der Waals surface area contributed by atoms with Gasteiger partial charge >= 0.3 is 0 Å². The third kappa shape index (κ3) is 3.45. The molecule has 0 spiro atoms. The maximum absolute atomic E-state index is 13.1. The Morgan fingerprint density at radius 1 is 1.32 bits per heavy atom. The van der Waals surface area contributed by atoms with Crippen molar-refractivity contribution in [3.8, 4) is 0 Å². The molecule has 0 unspecified atom stereocenters. The van der Waals surface area contributed by atoms with Crippen LogP contribution in [0.3, 0.4) is 0 Å². The van der Waals surface area contributed by atoms with Gasteiger partial charge in [0.15, 0.2) is 16.8 Å². The molecular formula is C14H13F2N3O2S. The minimum Gasteiger partial charge on any atom is -0.341 e. The van der Waals surface area contributed by atoms with Gasteiger partial charge in [-0.3, -0.25) is 14.9 Å². The molecule has 0 aliphatic heterocycles. The van der Waals surface area contributed by atoms with Crippen LogP contribution >= 0.6 is 11.3 Å². The predicted octanol–water partition coefficient (Wildman–Crippen LogP) is 2.77. The van der Waals surface area contributed by atoms with Gasteiger partial charge in [-0.1, -0.05) is 0 Å². The second-order valence-electron chi connectivity index (χ2n) is 4.44. The van der Waals surface area contributed by atoms with E-state index < -0.39 is 17.5 Å². The Balaban J connectivity index is 2.11. The molecule has 0 atom stereocenters. The lowest BCUT2D eigenvalue weighted by Crippen LogP contribution is -2.26. The third-order valence-electron chi connectivity index (χ3n) is 2.95. The quantitative estimate of drug-likeness (QED) is 0.940. The summed E-state index contributed by atoms with van der Waals surface area (Å²) < 4.78 is 25.9. The second-order valence-corrected chi connectivity index (χ2v) is 5.30. The number of benzene rings is 1. The second kappa shape index (κ2) is 6.61. The average Bonchev–Trinajstić information content (AvgIpc) is 2.96. The zero-order valence-electron chi connectivity index (χ0n) is 11.9. The van der Waals surface area contributed by atoms with Crippen LogP contribution in [0.25, 0.3) is 0 Å². The van der Waals surface area contributed by atoms with Gasteiger partial charge in [0.1, 0.15) is 5.69 Å². The Hall–Kier alpha value is -2.35. The molecule has 2 aromatic rings. The highest BCUT2D eigenvalue weighted by atomic mass is 32.1. The molecule has 0 saturated heterocycles. The number of rotatable bonds is 4. The van der Waals surface area contributed by atoms with Crippen LogP contribution < -0.4 is 5.32 Å². The van der Waals surface area contributed by atoms with Crippen molar-refractivity contribution in [1.82, 2.24) is 9.88 Å². The van der Waals surface area contributed by atoms with Crippen LogP contribution in [0.1, 0.15) is 27.8 Å². The Labute approximate surface area is 129 Å². The van der Waals surface area contributed by atoms with Crippen LogP contribution in [0, 0.1) is 11.6 Å². The molecule has 1 N–H and O–H groups in total. The number of hydrogen-bond acceptors (Lipinski definition) is 4. The fraction of sp³-hybridized carbons (Fsp3) is 0.214. The molecule has 0 saturated carbocycles. The van der Waals surface area contributed by atoms with Crippen molar-refractivity contribution >= 4 is 28.3 Å². The number of thiazole rings is 1.